The fraction of sp³-hybridized carbons (Fsp3) is 0.308. The lowest BCUT2D eigenvalue weighted by molar-refractivity contribution is -0.121. The lowest BCUT2D eigenvalue weighted by Crippen LogP contribution is -2.20. The van der Waals surface area contributed by atoms with Crippen molar-refractivity contribution in [2.24, 2.45) is 5.92 Å². The van der Waals surface area contributed by atoms with Gasteiger partial charge in [0.25, 0.3) is 0 Å². The van der Waals surface area contributed by atoms with E-state index in [2.05, 4.69) is 38.8 Å². The molecule has 9 nitrogen and oxygen atoms in total. The van der Waals surface area contributed by atoms with Crippen molar-refractivity contribution >= 4 is 13.7 Å². The van der Waals surface area contributed by atoms with Crippen LogP contribution >= 0.6 is 7.82 Å². The molecular weight excluding hydrogens is 481 g/mol. The van der Waals surface area contributed by atoms with Crippen LogP contribution in [0.4, 0.5) is 0 Å². The SMILES string of the molecule is CNC(=O)[C@@H]1C[C@H]1c1ccc(-c2ccc(C#C[C@@H](COP(=O)(O)O)n3ccnc3[C@H](C)O)cc2)cc1. The molecule has 0 spiro atoms. The van der Waals surface area contributed by atoms with Gasteiger partial charge in [-0.25, -0.2) is 9.55 Å². The van der Waals surface area contributed by atoms with Gasteiger partial charge in [-0.05, 0) is 48.1 Å². The molecule has 36 heavy (non-hydrogen) atoms. The molecule has 0 aliphatic heterocycles. The Kier molecular flexibility index (Phi) is 7.74. The molecule has 3 aromatic rings. The zero-order valence-corrected chi connectivity index (χ0v) is 20.8. The maximum Gasteiger partial charge on any atom is 0.469 e. The molecule has 1 aliphatic carbocycles. The van der Waals surface area contributed by atoms with E-state index in [-0.39, 0.29) is 24.3 Å². The molecule has 1 heterocycles. The number of phosphoric acid groups is 1. The van der Waals surface area contributed by atoms with E-state index < -0.39 is 20.0 Å². The quantitative estimate of drug-likeness (QED) is 0.271. The molecule has 0 unspecified atom stereocenters. The summed E-state index contributed by atoms with van der Waals surface area (Å²) in [6.07, 6.45) is 3.05. The Morgan fingerprint density at radius 2 is 1.83 bits per heavy atom. The minimum atomic E-state index is -4.70. The molecule has 1 fully saturated rings. The van der Waals surface area contributed by atoms with Crippen molar-refractivity contribution in [2.45, 2.75) is 31.4 Å². The summed E-state index contributed by atoms with van der Waals surface area (Å²) in [5.41, 5.74) is 3.93. The lowest BCUT2D eigenvalue weighted by Gasteiger charge is -2.17. The molecule has 10 heteroatoms. The van der Waals surface area contributed by atoms with Crippen molar-refractivity contribution in [2.75, 3.05) is 13.7 Å². The molecule has 1 saturated carbocycles. The average Bonchev–Trinajstić information content (AvgIpc) is 3.51. The molecule has 2 aromatic carbocycles. The zero-order chi connectivity index (χ0) is 25.9. The normalized spacial score (nSPS) is 18.6. The third-order valence-electron chi connectivity index (χ3n) is 6.12. The number of aromatic nitrogens is 2. The van der Waals surface area contributed by atoms with E-state index in [1.807, 2.05) is 36.4 Å². The summed E-state index contributed by atoms with van der Waals surface area (Å²) in [5.74, 6) is 6.74. The molecule has 1 amide bonds. The minimum absolute atomic E-state index is 0.0635. The van der Waals surface area contributed by atoms with Gasteiger partial charge in [-0.15, -0.1) is 0 Å². The Hall–Kier alpha value is -3.25. The largest absolute Gasteiger partial charge is 0.469 e. The first-order chi connectivity index (χ1) is 17.2. The highest BCUT2D eigenvalue weighted by atomic mass is 31.2. The van der Waals surface area contributed by atoms with Crippen LogP contribution in [0.1, 0.15) is 48.4 Å². The standard InChI is InChI=1S/C26H28N3O6P/c1-17(30)25-28-13-14-29(25)22(16-35-36(32,33)34)12-5-18-3-6-19(7-4-18)20-8-10-21(11-9-20)23-15-24(23)26(31)27-2/h3-4,6-11,13-14,17,22-24,30H,15-16H2,1-2H3,(H,27,31)(H2,32,33,34)/t17-,22-,23-,24+/m0/s1. The third kappa shape index (κ3) is 6.30. The van der Waals surface area contributed by atoms with Gasteiger partial charge in [0.2, 0.25) is 5.91 Å². The van der Waals surface area contributed by atoms with E-state index >= 15 is 0 Å². The number of amides is 1. The number of carbonyl (C=O) groups excluding carboxylic acids is 1. The van der Waals surface area contributed by atoms with E-state index in [0.717, 1.165) is 23.1 Å². The Bertz CT molecular complexity index is 1320. The maximum atomic E-state index is 11.8. The summed E-state index contributed by atoms with van der Waals surface area (Å²) in [6, 6.07) is 15.1. The van der Waals surface area contributed by atoms with Gasteiger partial charge in [-0.3, -0.25) is 9.32 Å². The predicted molar refractivity (Wildman–Crippen MR) is 134 cm³/mol. The average molecular weight is 509 g/mol. The number of carbonyl (C=O) groups is 1. The predicted octanol–water partition coefficient (Wildman–Crippen LogP) is 3.16. The maximum absolute atomic E-state index is 11.8. The van der Waals surface area contributed by atoms with E-state index in [0.29, 0.717) is 11.4 Å². The number of nitrogens with one attached hydrogen (secondary N) is 1. The summed E-state index contributed by atoms with van der Waals surface area (Å²) in [4.78, 5) is 34.1. The van der Waals surface area contributed by atoms with Crippen molar-refractivity contribution in [3.05, 3.63) is 77.9 Å². The second-order valence-corrected chi connectivity index (χ2v) is 9.94. The molecule has 4 atom stereocenters. The first-order valence-electron chi connectivity index (χ1n) is 11.5. The van der Waals surface area contributed by atoms with Crippen molar-refractivity contribution in [1.29, 1.82) is 0 Å². The van der Waals surface area contributed by atoms with Crippen molar-refractivity contribution in [3.8, 4) is 23.0 Å². The van der Waals surface area contributed by atoms with Crippen LogP contribution in [0.3, 0.4) is 0 Å². The molecule has 1 aromatic heterocycles. The van der Waals surface area contributed by atoms with Crippen LogP contribution in [0.15, 0.2) is 60.9 Å². The fourth-order valence-electron chi connectivity index (χ4n) is 4.14. The number of hydrogen-bond acceptors (Lipinski definition) is 5. The second-order valence-electron chi connectivity index (χ2n) is 8.70. The Labute approximate surface area is 209 Å². The Morgan fingerprint density at radius 3 is 2.42 bits per heavy atom. The van der Waals surface area contributed by atoms with Crippen LogP contribution in [-0.2, 0) is 13.9 Å². The molecule has 1 aliphatic rings. The van der Waals surface area contributed by atoms with Gasteiger partial charge in [-0.1, -0.05) is 48.2 Å². The van der Waals surface area contributed by atoms with E-state index in [4.69, 9.17) is 9.79 Å². The van der Waals surface area contributed by atoms with E-state index in [9.17, 15) is 14.5 Å². The Morgan fingerprint density at radius 1 is 1.19 bits per heavy atom. The highest BCUT2D eigenvalue weighted by molar-refractivity contribution is 7.46. The van der Waals surface area contributed by atoms with Crippen molar-refractivity contribution < 1.29 is 28.8 Å². The summed E-state index contributed by atoms with van der Waals surface area (Å²) in [6.45, 7) is 1.17. The first kappa shape index (κ1) is 25.8. The van der Waals surface area contributed by atoms with Crippen LogP contribution in [0.2, 0.25) is 0 Å². The van der Waals surface area contributed by atoms with E-state index in [1.165, 1.54) is 10.8 Å². The van der Waals surface area contributed by atoms with Crippen LogP contribution in [0.5, 0.6) is 0 Å². The van der Waals surface area contributed by atoms with Crippen LogP contribution in [0, 0.1) is 17.8 Å². The summed E-state index contributed by atoms with van der Waals surface area (Å²) < 4.78 is 17.4. The van der Waals surface area contributed by atoms with Crippen LogP contribution in [-0.4, -0.2) is 44.0 Å². The molecule has 0 bridgehead atoms. The lowest BCUT2D eigenvalue weighted by atomic mass is 10.0. The number of phosphoric ester groups is 1. The van der Waals surface area contributed by atoms with Gasteiger partial charge in [0, 0.05) is 30.9 Å². The number of rotatable bonds is 8. The molecule has 4 N–H and O–H groups in total. The minimum Gasteiger partial charge on any atom is -0.385 e. The molecule has 188 valence electrons. The summed E-state index contributed by atoms with van der Waals surface area (Å²) in [7, 11) is -3.03. The number of aliphatic hydroxyl groups is 1. The van der Waals surface area contributed by atoms with Gasteiger partial charge >= 0.3 is 7.82 Å². The number of benzene rings is 2. The number of nitrogens with zero attached hydrogens (tertiary/aromatic N) is 2. The van der Waals surface area contributed by atoms with Gasteiger partial charge in [-0.2, -0.15) is 0 Å². The van der Waals surface area contributed by atoms with Gasteiger partial charge in [0.05, 0.1) is 6.61 Å². The molecular formula is C26H28N3O6P. The third-order valence-corrected chi connectivity index (χ3v) is 6.61. The number of imidazole rings is 1. The monoisotopic (exact) mass is 509 g/mol. The fourth-order valence-corrected chi connectivity index (χ4v) is 4.48. The topological polar surface area (TPSA) is 134 Å². The van der Waals surface area contributed by atoms with Crippen LogP contribution < -0.4 is 5.32 Å². The summed E-state index contributed by atoms with van der Waals surface area (Å²) in [5, 5.41) is 12.7. The Balaban J connectivity index is 1.48. The second kappa shape index (κ2) is 10.8. The van der Waals surface area contributed by atoms with Gasteiger partial charge in [0.1, 0.15) is 18.0 Å². The first-order valence-corrected chi connectivity index (χ1v) is 13.0. The molecule has 4 rings (SSSR count). The molecule has 0 radical (unpaired) electrons. The van der Waals surface area contributed by atoms with Gasteiger partial charge < -0.3 is 24.8 Å². The summed E-state index contributed by atoms with van der Waals surface area (Å²) >= 11 is 0. The highest BCUT2D eigenvalue weighted by Crippen LogP contribution is 2.47. The number of hydrogen-bond donors (Lipinski definition) is 4. The molecule has 0 saturated heterocycles. The van der Waals surface area contributed by atoms with E-state index in [1.54, 1.807) is 20.2 Å². The zero-order valence-electron chi connectivity index (χ0n) is 19.9. The van der Waals surface area contributed by atoms with Crippen molar-refractivity contribution in [3.63, 3.8) is 0 Å². The smallest absolute Gasteiger partial charge is 0.385 e. The van der Waals surface area contributed by atoms with Gasteiger partial charge in [0.15, 0.2) is 0 Å². The van der Waals surface area contributed by atoms with Crippen LogP contribution in [0.25, 0.3) is 11.1 Å². The highest BCUT2D eigenvalue weighted by Gasteiger charge is 2.43. The van der Waals surface area contributed by atoms with Crippen molar-refractivity contribution in [1.82, 2.24) is 14.9 Å². The number of aliphatic hydroxyl groups excluding tert-OH is 1.